The molecule has 8 nitrogen and oxygen atoms in total. The lowest BCUT2D eigenvalue weighted by molar-refractivity contribution is 0.142. The highest BCUT2D eigenvalue weighted by molar-refractivity contribution is 5.93. The average molecular weight is 384 g/mol. The number of piperazine rings is 1. The zero-order valence-corrected chi connectivity index (χ0v) is 15.5. The van der Waals surface area contributed by atoms with Crippen LogP contribution in [0.15, 0.2) is 60.7 Å². The summed E-state index contributed by atoms with van der Waals surface area (Å²) in [5, 5.41) is 19.3. The van der Waals surface area contributed by atoms with E-state index in [9.17, 15) is 19.8 Å². The van der Waals surface area contributed by atoms with Gasteiger partial charge in [-0.2, -0.15) is 0 Å². The molecule has 0 saturated carbocycles. The third-order valence-electron chi connectivity index (χ3n) is 4.70. The molecule has 0 spiro atoms. The molecule has 1 aliphatic rings. The first-order valence-electron chi connectivity index (χ1n) is 9.10. The van der Waals surface area contributed by atoms with Gasteiger partial charge >= 0.3 is 12.1 Å². The lowest BCUT2D eigenvalue weighted by atomic mass is 10.3. The molecule has 148 valence electrons. The van der Waals surface area contributed by atoms with Crippen molar-refractivity contribution in [1.29, 1.82) is 0 Å². The van der Waals surface area contributed by atoms with Crippen molar-refractivity contribution < 1.29 is 19.8 Å². The minimum atomic E-state index is -0.422. The lowest BCUT2D eigenvalue weighted by Crippen LogP contribution is -2.56. The molecule has 0 radical (unpaired) electrons. The van der Waals surface area contributed by atoms with E-state index in [0.717, 1.165) is 0 Å². The van der Waals surface area contributed by atoms with Gasteiger partial charge in [0.2, 0.25) is 0 Å². The molecule has 0 bridgehead atoms. The van der Waals surface area contributed by atoms with E-state index < -0.39 is 13.5 Å². The summed E-state index contributed by atoms with van der Waals surface area (Å²) in [6.07, 6.45) is 0. The Morgan fingerprint density at radius 2 is 1.00 bits per heavy atom. The topological polar surface area (TPSA) is 87.6 Å². The van der Waals surface area contributed by atoms with E-state index in [1.165, 1.54) is 9.80 Å². The molecular weight excluding hydrogens is 360 g/mol. The highest BCUT2D eigenvalue weighted by Gasteiger charge is 2.30. The third kappa shape index (κ3) is 4.24. The second kappa shape index (κ2) is 9.20. The van der Waals surface area contributed by atoms with Crippen LogP contribution in [0.25, 0.3) is 0 Å². The van der Waals surface area contributed by atoms with Crippen LogP contribution in [0.2, 0.25) is 0 Å². The van der Waals surface area contributed by atoms with E-state index >= 15 is 0 Å². The molecule has 2 N–H and O–H groups in total. The summed E-state index contributed by atoms with van der Waals surface area (Å²) in [5.74, 6) is 0. The van der Waals surface area contributed by atoms with Crippen LogP contribution in [0, 0.1) is 0 Å². The molecule has 4 amide bonds. The number of aliphatic hydroxyl groups excluding tert-OH is 2. The van der Waals surface area contributed by atoms with Crippen molar-refractivity contribution in [1.82, 2.24) is 9.80 Å². The molecule has 0 unspecified atom stereocenters. The fraction of sp³-hybridized carbons (Fsp3) is 0.300. The minimum absolute atomic E-state index is 0.303. The maximum atomic E-state index is 12.8. The predicted molar refractivity (Wildman–Crippen MR) is 106 cm³/mol. The van der Waals surface area contributed by atoms with E-state index in [2.05, 4.69) is 0 Å². The predicted octanol–water partition coefficient (Wildman–Crippen LogP) is 1.76. The number of rotatable bonds is 4. The van der Waals surface area contributed by atoms with Crippen molar-refractivity contribution in [2.45, 2.75) is 0 Å². The van der Waals surface area contributed by atoms with Crippen molar-refractivity contribution in [3.05, 3.63) is 60.7 Å². The number of carbonyl (C=O) groups is 2. The Morgan fingerprint density at radius 1 is 0.679 bits per heavy atom. The summed E-state index contributed by atoms with van der Waals surface area (Å²) in [5.41, 5.74) is 1.23. The molecule has 1 heterocycles. The summed E-state index contributed by atoms with van der Waals surface area (Å²) in [6, 6.07) is 17.3. The van der Waals surface area contributed by atoms with Crippen LogP contribution in [-0.4, -0.2) is 71.7 Å². The maximum absolute atomic E-state index is 12.8. The average Bonchev–Trinajstić information content (AvgIpc) is 2.76. The Kier molecular flexibility index (Phi) is 6.46. The SMILES string of the molecule is O=C(N1CCN(C(=O)N(CO)c2ccccc2)CC1)N(CO)c1ccccc1. The molecule has 2 aromatic carbocycles. The molecule has 1 aliphatic heterocycles. The molecule has 3 rings (SSSR count). The molecule has 1 fully saturated rings. The van der Waals surface area contributed by atoms with Gasteiger partial charge in [-0.1, -0.05) is 36.4 Å². The Morgan fingerprint density at radius 3 is 1.29 bits per heavy atom. The molecule has 8 heteroatoms. The van der Waals surface area contributed by atoms with E-state index in [1.807, 2.05) is 12.1 Å². The highest BCUT2D eigenvalue weighted by atomic mass is 16.3. The molecular formula is C20H24N4O4. The molecule has 0 aliphatic carbocycles. The summed E-state index contributed by atoms with van der Waals surface area (Å²) < 4.78 is 0. The number of anilines is 2. The van der Waals surface area contributed by atoms with Gasteiger partial charge in [-0.3, -0.25) is 9.80 Å². The van der Waals surface area contributed by atoms with Crippen molar-refractivity contribution in [2.75, 3.05) is 49.4 Å². The standard InChI is InChI=1S/C20H24N4O4/c25-15-23(17-7-3-1-4-8-17)19(27)21-11-13-22(14-12-21)20(28)24(16-26)18-9-5-2-6-10-18/h1-10,25-26H,11-16H2. The number of hydrogen-bond donors (Lipinski definition) is 2. The van der Waals surface area contributed by atoms with Crippen molar-refractivity contribution in [3.8, 4) is 0 Å². The Balaban J connectivity index is 1.62. The zero-order valence-electron chi connectivity index (χ0n) is 15.5. The van der Waals surface area contributed by atoms with Crippen LogP contribution in [0.3, 0.4) is 0 Å². The van der Waals surface area contributed by atoms with Gasteiger partial charge in [0, 0.05) is 37.6 Å². The van der Waals surface area contributed by atoms with Crippen molar-refractivity contribution >= 4 is 23.4 Å². The minimum Gasteiger partial charge on any atom is -0.376 e. The molecule has 0 atom stereocenters. The Hall–Kier alpha value is -3.10. The summed E-state index contributed by atoms with van der Waals surface area (Å²) in [7, 11) is 0. The van der Waals surface area contributed by atoms with Crippen LogP contribution in [-0.2, 0) is 0 Å². The summed E-state index contributed by atoms with van der Waals surface area (Å²) in [6.45, 7) is 0.552. The summed E-state index contributed by atoms with van der Waals surface area (Å²) >= 11 is 0. The second-order valence-electron chi connectivity index (χ2n) is 6.35. The number of amides is 4. The van der Waals surface area contributed by atoms with Crippen LogP contribution >= 0.6 is 0 Å². The van der Waals surface area contributed by atoms with Crippen LogP contribution in [0.1, 0.15) is 0 Å². The summed E-state index contributed by atoms with van der Waals surface area (Å²) in [4.78, 5) is 31.3. The van der Waals surface area contributed by atoms with Gasteiger partial charge in [-0.25, -0.2) is 9.59 Å². The third-order valence-corrected chi connectivity index (χ3v) is 4.70. The number of hydrogen-bond acceptors (Lipinski definition) is 4. The monoisotopic (exact) mass is 384 g/mol. The number of carbonyl (C=O) groups excluding carboxylic acids is 2. The normalized spacial score (nSPS) is 13.9. The smallest absolute Gasteiger partial charge is 0.326 e. The first-order valence-corrected chi connectivity index (χ1v) is 9.10. The maximum Gasteiger partial charge on any atom is 0.326 e. The lowest BCUT2D eigenvalue weighted by Gasteiger charge is -2.38. The van der Waals surface area contributed by atoms with Gasteiger partial charge in [-0.15, -0.1) is 0 Å². The van der Waals surface area contributed by atoms with Gasteiger partial charge in [0.25, 0.3) is 0 Å². The van der Waals surface area contributed by atoms with Crippen molar-refractivity contribution in [2.24, 2.45) is 0 Å². The van der Waals surface area contributed by atoms with Gasteiger partial charge in [0.05, 0.1) is 0 Å². The molecule has 2 aromatic rings. The Labute approximate surface area is 163 Å². The van der Waals surface area contributed by atoms with E-state index in [1.54, 1.807) is 58.3 Å². The number of para-hydroxylation sites is 2. The fourth-order valence-corrected chi connectivity index (χ4v) is 3.15. The largest absolute Gasteiger partial charge is 0.376 e. The molecule has 0 aromatic heterocycles. The van der Waals surface area contributed by atoms with E-state index in [-0.39, 0.29) is 12.1 Å². The van der Waals surface area contributed by atoms with Crippen LogP contribution < -0.4 is 9.80 Å². The first kappa shape index (κ1) is 19.7. The molecule has 1 saturated heterocycles. The number of urea groups is 2. The number of aliphatic hydroxyl groups is 2. The second-order valence-corrected chi connectivity index (χ2v) is 6.35. The van der Waals surface area contributed by atoms with Gasteiger partial charge in [-0.05, 0) is 24.3 Å². The quantitative estimate of drug-likeness (QED) is 0.787. The van der Waals surface area contributed by atoms with Gasteiger partial charge in [0.15, 0.2) is 0 Å². The Bertz CT molecular complexity index is 712. The zero-order chi connectivity index (χ0) is 19.9. The van der Waals surface area contributed by atoms with Crippen LogP contribution in [0.5, 0.6) is 0 Å². The van der Waals surface area contributed by atoms with E-state index in [0.29, 0.717) is 37.6 Å². The van der Waals surface area contributed by atoms with Crippen LogP contribution in [0.4, 0.5) is 21.0 Å². The van der Waals surface area contributed by atoms with Crippen molar-refractivity contribution in [3.63, 3.8) is 0 Å². The number of benzene rings is 2. The van der Waals surface area contributed by atoms with E-state index in [4.69, 9.17) is 0 Å². The van der Waals surface area contributed by atoms with Gasteiger partial charge < -0.3 is 20.0 Å². The number of nitrogens with zero attached hydrogens (tertiary/aromatic N) is 4. The first-order chi connectivity index (χ1) is 13.7. The molecule has 28 heavy (non-hydrogen) atoms. The fourth-order valence-electron chi connectivity index (χ4n) is 3.15. The van der Waals surface area contributed by atoms with Gasteiger partial charge in [0.1, 0.15) is 13.5 Å². The highest BCUT2D eigenvalue weighted by Crippen LogP contribution is 2.18.